The van der Waals surface area contributed by atoms with Gasteiger partial charge in [-0.2, -0.15) is 0 Å². The van der Waals surface area contributed by atoms with Crippen LogP contribution in [0.2, 0.25) is 0 Å². The summed E-state index contributed by atoms with van der Waals surface area (Å²) in [4.78, 5) is 3.96. The van der Waals surface area contributed by atoms with Gasteiger partial charge in [0.05, 0.1) is 0 Å². The van der Waals surface area contributed by atoms with Crippen molar-refractivity contribution in [3.63, 3.8) is 0 Å². The first-order valence-electron chi connectivity index (χ1n) is 3.22. The van der Waals surface area contributed by atoms with E-state index < -0.39 is 13.8 Å². The Labute approximate surface area is 76.3 Å². The van der Waals surface area contributed by atoms with Crippen LogP contribution in [-0.4, -0.2) is 18.7 Å². The first-order chi connectivity index (χ1) is 5.77. The van der Waals surface area contributed by atoms with Crippen LogP contribution in [0.15, 0.2) is 24.3 Å². The number of hydrogen-bond donors (Lipinski definition) is 0. The molecule has 3 nitrogen and oxygen atoms in total. The predicted molar refractivity (Wildman–Crippen MR) is 46.4 cm³/mol. The van der Waals surface area contributed by atoms with E-state index in [2.05, 4.69) is 4.98 Å². The van der Waals surface area contributed by atoms with Crippen molar-refractivity contribution in [3.8, 4) is 0 Å². The predicted octanol–water partition coefficient (Wildman–Crippen LogP) is 0.852. The molecule has 2 aromatic rings. The number of benzene rings is 1. The molecular formula is C7H4NO2SSe. The van der Waals surface area contributed by atoms with Gasteiger partial charge < -0.3 is 0 Å². The molecule has 0 aliphatic heterocycles. The number of thiazole rings is 1. The quantitative estimate of drug-likeness (QED) is 0.700. The molecule has 0 saturated heterocycles. The van der Waals surface area contributed by atoms with Gasteiger partial charge in [0.15, 0.2) is 0 Å². The van der Waals surface area contributed by atoms with E-state index in [1.54, 1.807) is 0 Å². The average Bonchev–Trinajstić information content (AvgIpc) is 2.46. The van der Waals surface area contributed by atoms with Gasteiger partial charge in [-0.25, -0.2) is 0 Å². The maximum absolute atomic E-state index is 10.6. The van der Waals surface area contributed by atoms with E-state index in [1.807, 2.05) is 24.3 Å². The number of rotatable bonds is 1. The minimum atomic E-state index is -3.07. The zero-order valence-corrected chi connectivity index (χ0v) is 8.42. The van der Waals surface area contributed by atoms with Gasteiger partial charge >= 0.3 is 76.1 Å². The number of para-hydroxylation sites is 1. The Balaban J connectivity index is 2.78. The first-order valence-corrected chi connectivity index (χ1v) is 6.29. The van der Waals surface area contributed by atoms with Crippen LogP contribution in [0.4, 0.5) is 0 Å². The molecule has 0 saturated carbocycles. The minimum absolute atomic E-state index is 0.246. The maximum atomic E-state index is 10.6. The molecule has 0 bridgehead atoms. The third kappa shape index (κ3) is 1.26. The number of nitrogens with zero attached hydrogens (tertiary/aromatic N) is 1. The Bertz CT molecular complexity index is 448. The second-order valence-corrected chi connectivity index (χ2v) is 5.59. The summed E-state index contributed by atoms with van der Waals surface area (Å²) < 4.78 is 22.4. The van der Waals surface area contributed by atoms with E-state index in [4.69, 9.17) is 0 Å². The Morgan fingerprint density at radius 1 is 1.25 bits per heavy atom. The van der Waals surface area contributed by atoms with E-state index >= 15 is 0 Å². The van der Waals surface area contributed by atoms with E-state index in [-0.39, 0.29) is 3.91 Å². The van der Waals surface area contributed by atoms with Crippen molar-refractivity contribution >= 4 is 39.2 Å². The van der Waals surface area contributed by atoms with E-state index in [0.717, 1.165) is 10.2 Å². The topological polar surface area (TPSA) is 47.0 Å². The van der Waals surface area contributed by atoms with Gasteiger partial charge in [-0.05, 0) is 0 Å². The molecular weight excluding hydrogens is 241 g/mol. The summed E-state index contributed by atoms with van der Waals surface area (Å²) in [5.74, 6) is 0. The van der Waals surface area contributed by atoms with Crippen molar-refractivity contribution in [2.45, 2.75) is 0 Å². The Hall–Kier alpha value is -0.771. The van der Waals surface area contributed by atoms with Crippen molar-refractivity contribution < 1.29 is 7.67 Å². The Morgan fingerprint density at radius 3 is 2.67 bits per heavy atom. The Kier molecular flexibility index (Phi) is 1.92. The number of hydrogen-bond acceptors (Lipinski definition) is 4. The fourth-order valence-electron chi connectivity index (χ4n) is 0.922. The van der Waals surface area contributed by atoms with E-state index in [1.165, 1.54) is 11.3 Å². The van der Waals surface area contributed by atoms with Gasteiger partial charge in [-0.3, -0.25) is 0 Å². The van der Waals surface area contributed by atoms with Crippen molar-refractivity contribution in [2.24, 2.45) is 0 Å². The molecule has 61 valence electrons. The fraction of sp³-hybridized carbons (Fsp3) is 0. The summed E-state index contributed by atoms with van der Waals surface area (Å²) in [6, 6.07) is 7.39. The zero-order chi connectivity index (χ0) is 8.55. The number of fused-ring (bicyclic) bond motifs is 1. The normalized spacial score (nSPS) is 10.3. The van der Waals surface area contributed by atoms with Crippen LogP contribution in [0.3, 0.4) is 0 Å². The molecule has 0 aliphatic carbocycles. The van der Waals surface area contributed by atoms with Gasteiger partial charge in [0.2, 0.25) is 0 Å². The molecule has 0 amide bonds. The molecule has 0 unspecified atom stereocenters. The summed E-state index contributed by atoms with van der Waals surface area (Å²) in [5.41, 5.74) is 0.762. The molecule has 2 rings (SSSR count). The van der Waals surface area contributed by atoms with E-state index in [0.29, 0.717) is 0 Å². The van der Waals surface area contributed by atoms with Gasteiger partial charge in [0, 0.05) is 0 Å². The zero-order valence-electron chi connectivity index (χ0n) is 5.89. The molecule has 0 fully saturated rings. The van der Waals surface area contributed by atoms with Gasteiger partial charge in [0.25, 0.3) is 0 Å². The van der Waals surface area contributed by atoms with E-state index in [9.17, 15) is 7.67 Å². The third-order valence-corrected chi connectivity index (χ3v) is 4.27. The van der Waals surface area contributed by atoms with Crippen molar-refractivity contribution in [1.29, 1.82) is 0 Å². The molecule has 1 aromatic heterocycles. The monoisotopic (exact) mass is 246 g/mol. The summed E-state index contributed by atoms with van der Waals surface area (Å²) in [7, 11) is 0. The van der Waals surface area contributed by atoms with Crippen LogP contribution in [0.1, 0.15) is 0 Å². The summed E-state index contributed by atoms with van der Waals surface area (Å²) in [5, 5.41) is 0. The van der Waals surface area contributed by atoms with Crippen molar-refractivity contribution in [3.05, 3.63) is 24.3 Å². The molecule has 1 radical (unpaired) electrons. The van der Waals surface area contributed by atoms with Crippen LogP contribution in [-0.2, 0) is 7.67 Å². The van der Waals surface area contributed by atoms with Crippen LogP contribution in [0.25, 0.3) is 10.2 Å². The molecule has 12 heavy (non-hydrogen) atoms. The SMILES string of the molecule is O=[Se](=O)c1nc2ccccc2s1. The molecule has 0 spiro atoms. The average molecular weight is 245 g/mol. The van der Waals surface area contributed by atoms with Gasteiger partial charge in [0.1, 0.15) is 0 Å². The van der Waals surface area contributed by atoms with Crippen LogP contribution < -0.4 is 3.91 Å². The second-order valence-electron chi connectivity index (χ2n) is 2.18. The molecule has 1 aromatic carbocycles. The summed E-state index contributed by atoms with van der Waals surface area (Å²) >= 11 is -1.85. The molecule has 5 heteroatoms. The van der Waals surface area contributed by atoms with Crippen LogP contribution in [0, 0.1) is 0 Å². The van der Waals surface area contributed by atoms with Gasteiger partial charge in [-0.15, -0.1) is 0 Å². The summed E-state index contributed by atoms with van der Waals surface area (Å²) in [6.07, 6.45) is 0. The van der Waals surface area contributed by atoms with Gasteiger partial charge in [-0.1, -0.05) is 0 Å². The van der Waals surface area contributed by atoms with Crippen molar-refractivity contribution in [2.75, 3.05) is 0 Å². The molecule has 0 atom stereocenters. The van der Waals surface area contributed by atoms with Crippen molar-refractivity contribution in [1.82, 2.24) is 4.98 Å². The third-order valence-electron chi connectivity index (χ3n) is 1.42. The molecule has 1 heterocycles. The van der Waals surface area contributed by atoms with Crippen LogP contribution in [0.5, 0.6) is 0 Å². The number of aromatic nitrogens is 1. The summed E-state index contributed by atoms with van der Waals surface area (Å²) in [6.45, 7) is 0. The first kappa shape index (κ1) is 7.86. The standard InChI is InChI=1S/C7H4NO2SSe/c9-12(10)7-8-5-3-1-2-4-6(5)11-7/h1-4H. The second kappa shape index (κ2) is 2.94. The Morgan fingerprint density at radius 2 is 2.00 bits per heavy atom. The molecule has 0 N–H and O–H groups in total. The fourth-order valence-corrected chi connectivity index (χ4v) is 3.04. The molecule has 0 aliphatic rings. The van der Waals surface area contributed by atoms with Crippen LogP contribution >= 0.6 is 11.3 Å².